The summed E-state index contributed by atoms with van der Waals surface area (Å²) in [6, 6.07) is 6.14. The van der Waals surface area contributed by atoms with E-state index in [1.54, 1.807) is 12.1 Å². The van der Waals surface area contributed by atoms with E-state index in [4.69, 9.17) is 10.3 Å². The van der Waals surface area contributed by atoms with Crippen molar-refractivity contribution < 1.29 is 13.0 Å². The summed E-state index contributed by atoms with van der Waals surface area (Å²) in [5.41, 5.74) is 6.36. The van der Waals surface area contributed by atoms with Crippen molar-refractivity contribution in [3.8, 4) is 0 Å². The summed E-state index contributed by atoms with van der Waals surface area (Å²) >= 11 is 0. The Morgan fingerprint density at radius 2 is 1.73 bits per heavy atom. The molecule has 4 nitrogen and oxygen atoms in total. The van der Waals surface area contributed by atoms with Crippen LogP contribution in [0.15, 0.2) is 29.2 Å². The molecule has 1 aromatic carbocycles. The zero-order chi connectivity index (χ0) is 10.6. The summed E-state index contributed by atoms with van der Waals surface area (Å²) in [7, 11) is -4.06. The average Bonchev–Trinajstić information content (AvgIpc) is 2.14. The molecule has 0 aliphatic heterocycles. The second kappa shape index (κ2) is 6.62. The molecule has 1 aromatic rings. The van der Waals surface area contributed by atoms with Gasteiger partial charge >= 0.3 is 29.6 Å². The van der Waals surface area contributed by atoms with Gasteiger partial charge in [0, 0.05) is 0 Å². The molecule has 0 saturated heterocycles. The van der Waals surface area contributed by atoms with Crippen LogP contribution in [0, 0.1) is 0 Å². The molecule has 6 heteroatoms. The Morgan fingerprint density at radius 1 is 1.20 bits per heavy atom. The van der Waals surface area contributed by atoms with Gasteiger partial charge < -0.3 is 5.73 Å². The molecular formula is C9H14NNaO3S. The third-order valence-corrected chi connectivity index (χ3v) is 2.76. The SMILES string of the molecule is NCCCc1ccc(S(=O)(=O)O)cc1.[NaH]. The van der Waals surface area contributed by atoms with Crippen LogP contribution in [0.25, 0.3) is 0 Å². The number of hydrogen-bond acceptors (Lipinski definition) is 3. The molecule has 15 heavy (non-hydrogen) atoms. The van der Waals surface area contributed by atoms with Gasteiger partial charge in [0.15, 0.2) is 0 Å². The molecule has 0 bridgehead atoms. The maximum absolute atomic E-state index is 10.7. The van der Waals surface area contributed by atoms with Crippen LogP contribution in [-0.4, -0.2) is 49.1 Å². The van der Waals surface area contributed by atoms with E-state index >= 15 is 0 Å². The molecule has 3 N–H and O–H groups in total. The Morgan fingerprint density at radius 3 is 2.13 bits per heavy atom. The Bertz CT molecular complexity index is 388. The van der Waals surface area contributed by atoms with Gasteiger partial charge in [0.1, 0.15) is 0 Å². The Kier molecular flexibility index (Phi) is 6.66. The molecule has 0 aromatic heterocycles. The number of aryl methyl sites for hydroxylation is 1. The molecule has 0 aliphatic carbocycles. The van der Waals surface area contributed by atoms with E-state index in [0.29, 0.717) is 6.54 Å². The minimum atomic E-state index is -4.06. The molecule has 80 valence electrons. The summed E-state index contributed by atoms with van der Waals surface area (Å²) < 4.78 is 30.1. The van der Waals surface area contributed by atoms with E-state index < -0.39 is 10.1 Å². The summed E-state index contributed by atoms with van der Waals surface area (Å²) in [4.78, 5) is -0.0750. The molecule has 0 spiro atoms. The molecule has 0 saturated carbocycles. The number of benzene rings is 1. The fourth-order valence-corrected chi connectivity index (χ4v) is 1.61. The molecule has 0 radical (unpaired) electrons. The summed E-state index contributed by atoms with van der Waals surface area (Å²) in [6.07, 6.45) is 1.69. The Balaban J connectivity index is 0.00000196. The van der Waals surface area contributed by atoms with Crippen LogP contribution in [-0.2, 0) is 16.5 Å². The van der Waals surface area contributed by atoms with Gasteiger partial charge in [0.25, 0.3) is 10.1 Å². The van der Waals surface area contributed by atoms with Gasteiger partial charge in [0.2, 0.25) is 0 Å². The predicted octanol–water partition coefficient (Wildman–Crippen LogP) is 0.176. The van der Waals surface area contributed by atoms with Crippen molar-refractivity contribution >= 4 is 39.7 Å². The summed E-state index contributed by atoms with van der Waals surface area (Å²) in [5, 5.41) is 0. The first-order valence-electron chi connectivity index (χ1n) is 4.30. The zero-order valence-electron chi connectivity index (χ0n) is 7.68. The minimum absolute atomic E-state index is 0. The van der Waals surface area contributed by atoms with Gasteiger partial charge in [0.05, 0.1) is 4.90 Å². The van der Waals surface area contributed by atoms with Gasteiger partial charge in [-0.3, -0.25) is 4.55 Å². The van der Waals surface area contributed by atoms with Crippen LogP contribution in [0.5, 0.6) is 0 Å². The monoisotopic (exact) mass is 239 g/mol. The van der Waals surface area contributed by atoms with Crippen LogP contribution >= 0.6 is 0 Å². The zero-order valence-corrected chi connectivity index (χ0v) is 8.50. The van der Waals surface area contributed by atoms with Gasteiger partial charge in [-0.15, -0.1) is 0 Å². The molecule has 0 unspecified atom stereocenters. The molecule has 0 aliphatic rings. The van der Waals surface area contributed by atoms with Crippen molar-refractivity contribution in [3.05, 3.63) is 29.8 Å². The third kappa shape index (κ3) is 5.10. The number of rotatable bonds is 4. The number of nitrogens with two attached hydrogens (primary N) is 1. The van der Waals surface area contributed by atoms with E-state index in [0.717, 1.165) is 18.4 Å². The van der Waals surface area contributed by atoms with E-state index in [1.807, 2.05) is 0 Å². The van der Waals surface area contributed by atoms with Gasteiger partial charge in [-0.25, -0.2) is 0 Å². The van der Waals surface area contributed by atoms with Gasteiger partial charge in [-0.1, -0.05) is 12.1 Å². The fourth-order valence-electron chi connectivity index (χ4n) is 1.13. The predicted molar refractivity (Wildman–Crippen MR) is 60.8 cm³/mol. The quantitative estimate of drug-likeness (QED) is 0.580. The molecule has 1 rings (SSSR count). The van der Waals surface area contributed by atoms with E-state index in [-0.39, 0.29) is 34.5 Å². The van der Waals surface area contributed by atoms with Crippen LogP contribution in [0.1, 0.15) is 12.0 Å². The standard InChI is InChI=1S/C9H13NO3S.Na.H/c10-7-1-2-8-3-5-9(6-4-8)14(11,12)13;;/h3-6H,1-2,7,10H2,(H,11,12,13);;. The van der Waals surface area contributed by atoms with E-state index in [1.165, 1.54) is 12.1 Å². The first kappa shape index (κ1) is 15.1. The molecule has 0 heterocycles. The van der Waals surface area contributed by atoms with E-state index in [2.05, 4.69) is 0 Å². The maximum atomic E-state index is 10.7. The topological polar surface area (TPSA) is 80.4 Å². The second-order valence-corrected chi connectivity index (χ2v) is 4.43. The van der Waals surface area contributed by atoms with Crippen molar-refractivity contribution in [1.29, 1.82) is 0 Å². The van der Waals surface area contributed by atoms with Crippen molar-refractivity contribution in [1.82, 2.24) is 0 Å². The van der Waals surface area contributed by atoms with Crippen LogP contribution in [0.2, 0.25) is 0 Å². The molecule has 0 amide bonds. The van der Waals surface area contributed by atoms with Gasteiger partial charge in [-0.2, -0.15) is 8.42 Å². The normalized spacial score (nSPS) is 10.8. The van der Waals surface area contributed by atoms with Crippen molar-refractivity contribution in [2.45, 2.75) is 17.7 Å². The number of hydrogen-bond donors (Lipinski definition) is 2. The first-order valence-corrected chi connectivity index (χ1v) is 5.74. The molecule has 0 atom stereocenters. The molecular weight excluding hydrogens is 225 g/mol. The first-order chi connectivity index (χ1) is 6.54. The average molecular weight is 239 g/mol. The fraction of sp³-hybridized carbons (Fsp3) is 0.333. The third-order valence-electron chi connectivity index (χ3n) is 1.89. The van der Waals surface area contributed by atoms with Crippen molar-refractivity contribution in [3.63, 3.8) is 0 Å². The Hall–Kier alpha value is 0.0900. The van der Waals surface area contributed by atoms with Crippen molar-refractivity contribution in [2.24, 2.45) is 5.73 Å². The van der Waals surface area contributed by atoms with Gasteiger partial charge in [-0.05, 0) is 37.1 Å². The molecule has 0 fully saturated rings. The second-order valence-electron chi connectivity index (χ2n) is 3.01. The summed E-state index contributed by atoms with van der Waals surface area (Å²) in [5.74, 6) is 0. The van der Waals surface area contributed by atoms with Crippen LogP contribution in [0.4, 0.5) is 0 Å². The summed E-state index contributed by atoms with van der Waals surface area (Å²) in [6.45, 7) is 0.611. The van der Waals surface area contributed by atoms with Crippen molar-refractivity contribution in [2.75, 3.05) is 6.54 Å². The van der Waals surface area contributed by atoms with E-state index in [9.17, 15) is 8.42 Å². The van der Waals surface area contributed by atoms with Crippen LogP contribution < -0.4 is 5.73 Å². The van der Waals surface area contributed by atoms with Crippen LogP contribution in [0.3, 0.4) is 0 Å². The Labute approximate surface area is 112 Å².